The van der Waals surface area contributed by atoms with Crippen molar-refractivity contribution in [3.8, 4) is 17.2 Å². The Kier molecular flexibility index (Phi) is 15.5. The van der Waals surface area contributed by atoms with Gasteiger partial charge in [0, 0.05) is 12.1 Å². The molecule has 41 heavy (non-hydrogen) atoms. The largest absolute Gasteiger partial charge is 0.746 e. The topological polar surface area (TPSA) is 207 Å². The third-order valence-corrected chi connectivity index (χ3v) is 5.36. The molecular weight excluding hydrogens is 549 g/mol. The molecule has 11 nitrogen and oxygen atoms in total. The SMILES string of the molecule is CC(C)(C)OC([O-])=NCCc1ccc(O)cc1.NCCc1ccc(O)cc1.NCCc1ccc(OP(=O)([O-])O)cc1. The van der Waals surface area contributed by atoms with Crippen molar-refractivity contribution in [1.82, 2.24) is 0 Å². The number of nitrogens with zero attached hydrogens (tertiary/aromatic N) is 1. The summed E-state index contributed by atoms with van der Waals surface area (Å²) in [5.74, 6) is 0.630. The number of rotatable bonds is 9. The fourth-order valence-corrected chi connectivity index (χ4v) is 3.47. The molecule has 0 aromatic heterocycles. The van der Waals surface area contributed by atoms with Crippen LogP contribution in [0, 0.1) is 0 Å². The van der Waals surface area contributed by atoms with Crippen LogP contribution in [0.25, 0.3) is 0 Å². The predicted molar refractivity (Wildman–Crippen MR) is 155 cm³/mol. The maximum absolute atomic E-state index is 11.3. The van der Waals surface area contributed by atoms with Gasteiger partial charge in [-0.05, 0) is 85.4 Å². The Morgan fingerprint density at radius 2 is 1.20 bits per heavy atom. The first-order valence-electron chi connectivity index (χ1n) is 12.9. The van der Waals surface area contributed by atoms with Gasteiger partial charge in [-0.1, -0.05) is 57.2 Å². The van der Waals surface area contributed by atoms with E-state index in [1.165, 1.54) is 17.7 Å². The maximum Gasteiger partial charge on any atom is 0.317 e. The number of nitrogens with two attached hydrogens (primary N) is 2. The third-order valence-electron chi connectivity index (χ3n) is 4.92. The number of aromatic hydroxyl groups is 2. The van der Waals surface area contributed by atoms with E-state index in [1.54, 1.807) is 69.3 Å². The molecule has 0 fully saturated rings. The summed E-state index contributed by atoms with van der Waals surface area (Å²) in [5.41, 5.74) is 13.3. The normalized spacial score (nSPS) is 12.6. The number of hydrogen-bond acceptors (Lipinski definition) is 10. The second-order valence-electron chi connectivity index (χ2n) is 9.73. The number of phenolic OH excluding ortho intramolecular Hbond substituents is 2. The lowest BCUT2D eigenvalue weighted by Crippen LogP contribution is -2.32. The van der Waals surface area contributed by atoms with Gasteiger partial charge in [-0.15, -0.1) is 0 Å². The number of phosphoric acid groups is 1. The van der Waals surface area contributed by atoms with Crippen LogP contribution in [0.15, 0.2) is 77.8 Å². The monoisotopic (exact) mass is 589 g/mol. The first kappa shape index (κ1) is 35.4. The van der Waals surface area contributed by atoms with Crippen molar-refractivity contribution in [3.05, 3.63) is 89.5 Å². The molecular formula is C29H40N3O8P-2. The predicted octanol–water partition coefficient (Wildman–Crippen LogP) is 2.39. The molecule has 0 aliphatic heterocycles. The van der Waals surface area contributed by atoms with Crippen LogP contribution in [-0.2, 0) is 28.6 Å². The Bertz CT molecular complexity index is 1210. The van der Waals surface area contributed by atoms with Crippen LogP contribution in [0.5, 0.6) is 17.2 Å². The zero-order valence-corrected chi connectivity index (χ0v) is 24.5. The van der Waals surface area contributed by atoms with E-state index in [4.69, 9.17) is 31.3 Å². The molecule has 226 valence electrons. The Morgan fingerprint density at radius 3 is 1.56 bits per heavy atom. The van der Waals surface area contributed by atoms with Crippen molar-refractivity contribution in [2.45, 2.75) is 45.6 Å². The van der Waals surface area contributed by atoms with Gasteiger partial charge in [-0.2, -0.15) is 0 Å². The van der Waals surface area contributed by atoms with E-state index >= 15 is 0 Å². The molecule has 1 unspecified atom stereocenters. The molecule has 0 saturated carbocycles. The minimum atomic E-state index is -4.69. The highest BCUT2D eigenvalue weighted by Gasteiger charge is 2.04. The summed E-state index contributed by atoms with van der Waals surface area (Å²) in [5, 5.41) is 29.3. The van der Waals surface area contributed by atoms with Crippen molar-refractivity contribution in [2.24, 2.45) is 16.5 Å². The van der Waals surface area contributed by atoms with Crippen molar-refractivity contribution in [2.75, 3.05) is 19.6 Å². The molecule has 1 atom stereocenters. The van der Waals surface area contributed by atoms with Gasteiger partial charge in [0.05, 0.1) is 0 Å². The molecule has 0 aliphatic rings. The number of hydrogen-bond donors (Lipinski definition) is 5. The van der Waals surface area contributed by atoms with Crippen LogP contribution in [0.2, 0.25) is 0 Å². The lowest BCUT2D eigenvalue weighted by atomic mass is 10.1. The molecule has 0 amide bonds. The molecule has 0 saturated heterocycles. The van der Waals surface area contributed by atoms with Gasteiger partial charge in [0.25, 0.3) is 0 Å². The molecule has 3 aromatic carbocycles. The van der Waals surface area contributed by atoms with Crippen LogP contribution in [0.3, 0.4) is 0 Å². The van der Waals surface area contributed by atoms with Crippen LogP contribution in [0.4, 0.5) is 0 Å². The molecule has 3 aromatic rings. The lowest BCUT2D eigenvalue weighted by Gasteiger charge is -2.29. The highest BCUT2D eigenvalue weighted by Crippen LogP contribution is 2.32. The highest BCUT2D eigenvalue weighted by molar-refractivity contribution is 7.45. The summed E-state index contributed by atoms with van der Waals surface area (Å²) in [6, 6.07) is 20.2. The van der Waals surface area contributed by atoms with Crippen molar-refractivity contribution >= 4 is 13.9 Å². The van der Waals surface area contributed by atoms with E-state index in [0.29, 0.717) is 38.2 Å². The van der Waals surface area contributed by atoms with E-state index in [-0.39, 0.29) is 11.5 Å². The van der Waals surface area contributed by atoms with Gasteiger partial charge in [0.1, 0.15) is 23.3 Å². The van der Waals surface area contributed by atoms with Gasteiger partial charge in [0.2, 0.25) is 0 Å². The van der Waals surface area contributed by atoms with E-state index < -0.39 is 19.5 Å². The first-order chi connectivity index (χ1) is 19.2. The third kappa shape index (κ3) is 18.4. The minimum absolute atomic E-state index is 0.0894. The minimum Gasteiger partial charge on any atom is -0.746 e. The molecule has 0 aliphatic carbocycles. The van der Waals surface area contributed by atoms with Gasteiger partial charge >= 0.3 is 7.82 Å². The van der Waals surface area contributed by atoms with E-state index in [1.807, 2.05) is 12.1 Å². The van der Waals surface area contributed by atoms with E-state index in [2.05, 4.69) is 9.52 Å². The summed E-state index contributed by atoms with van der Waals surface area (Å²) < 4.78 is 19.7. The smallest absolute Gasteiger partial charge is 0.317 e. The molecule has 0 radical (unpaired) electrons. The Labute approximate surface area is 241 Å². The second kappa shape index (κ2) is 18.0. The molecule has 12 heteroatoms. The van der Waals surface area contributed by atoms with E-state index in [0.717, 1.165) is 17.5 Å². The average molecular weight is 590 g/mol. The number of aliphatic imine (C=N–C) groups is 1. The maximum atomic E-state index is 11.3. The number of phenols is 2. The zero-order valence-electron chi connectivity index (χ0n) is 23.6. The average Bonchev–Trinajstić information content (AvgIpc) is 2.87. The van der Waals surface area contributed by atoms with Crippen LogP contribution in [-0.4, -0.2) is 46.4 Å². The van der Waals surface area contributed by atoms with Crippen molar-refractivity contribution in [3.63, 3.8) is 0 Å². The van der Waals surface area contributed by atoms with E-state index in [9.17, 15) is 14.6 Å². The standard InChI is InChI=1S/C13H19NO3.C8H12NO4P.C8H11NO/c1-13(2,3)17-12(16)14-9-8-10-4-6-11(15)7-5-10;9-6-5-7-1-3-8(4-2-7)13-14(10,11)12;9-6-5-7-1-3-8(10)4-2-7/h4-7,15H,8-9H2,1-3H3,(H,14,16);1-4H,5-6,9H2,(H2,10,11,12);1-4,10H,5-6,9H2/p-2. The lowest BCUT2D eigenvalue weighted by molar-refractivity contribution is -0.260. The fraction of sp³-hybridized carbons (Fsp3) is 0.345. The first-order valence-corrected chi connectivity index (χ1v) is 14.4. The molecule has 7 N–H and O–H groups in total. The second-order valence-corrected chi connectivity index (χ2v) is 10.8. The summed E-state index contributed by atoms with van der Waals surface area (Å²) in [6.45, 7) is 6.99. The summed E-state index contributed by atoms with van der Waals surface area (Å²) >= 11 is 0. The number of ether oxygens (including phenoxy) is 1. The molecule has 3 rings (SSSR count). The van der Waals surface area contributed by atoms with Gasteiger partial charge in [0.15, 0.2) is 0 Å². The van der Waals surface area contributed by atoms with Crippen LogP contribution in [0.1, 0.15) is 37.5 Å². The van der Waals surface area contributed by atoms with Crippen molar-refractivity contribution in [1.29, 1.82) is 0 Å². The highest BCUT2D eigenvalue weighted by atomic mass is 31.2. The Balaban J connectivity index is 0.000000318. The number of phosphoric ester groups is 1. The Morgan fingerprint density at radius 1 is 0.805 bits per heavy atom. The molecule has 0 spiro atoms. The zero-order chi connectivity index (χ0) is 30.9. The van der Waals surface area contributed by atoms with Crippen LogP contribution >= 0.6 is 7.82 Å². The number of benzene rings is 3. The van der Waals surface area contributed by atoms with Crippen LogP contribution < -0.4 is 26.0 Å². The van der Waals surface area contributed by atoms with Gasteiger partial charge < -0.3 is 45.8 Å². The Hall–Kier alpha value is -3.60. The van der Waals surface area contributed by atoms with Gasteiger partial charge in [-0.25, -0.2) is 0 Å². The fourth-order valence-electron chi connectivity index (χ4n) is 3.08. The molecule has 0 heterocycles. The van der Waals surface area contributed by atoms with Gasteiger partial charge in [-0.3, -0.25) is 9.56 Å². The molecule has 0 bridgehead atoms. The van der Waals surface area contributed by atoms with Crippen molar-refractivity contribution < 1.29 is 38.9 Å². The summed E-state index contributed by atoms with van der Waals surface area (Å²) in [6.07, 6.45) is 1.71. The summed E-state index contributed by atoms with van der Waals surface area (Å²) in [4.78, 5) is 22.6. The summed E-state index contributed by atoms with van der Waals surface area (Å²) in [7, 11) is -4.69. The quantitative estimate of drug-likeness (QED) is 0.140.